The van der Waals surface area contributed by atoms with Crippen LogP contribution < -0.4 is 5.32 Å². The zero-order chi connectivity index (χ0) is 22.5. The minimum atomic E-state index is -0.570. The topological polar surface area (TPSA) is 117 Å². The first kappa shape index (κ1) is 22.2. The normalized spacial score (nSPS) is 15.6. The van der Waals surface area contributed by atoms with Crippen molar-refractivity contribution in [2.24, 2.45) is 0 Å². The summed E-state index contributed by atoms with van der Waals surface area (Å²) in [5, 5.41) is 12.0. The molecule has 1 aliphatic rings. The molecule has 170 valence electrons. The van der Waals surface area contributed by atoms with Gasteiger partial charge in [0.2, 0.25) is 5.91 Å². The molecule has 1 amide bonds. The van der Waals surface area contributed by atoms with Crippen molar-refractivity contribution in [1.29, 1.82) is 0 Å². The number of aromatic nitrogens is 6. The van der Waals surface area contributed by atoms with E-state index >= 15 is 0 Å². The number of ether oxygens (including phenoxy) is 1. The number of hydrogen-bond donors (Lipinski definition) is 1. The second-order valence-corrected chi connectivity index (χ2v) is 8.45. The van der Waals surface area contributed by atoms with Crippen molar-refractivity contribution in [3.8, 4) is 0 Å². The molecule has 1 aliphatic carbocycles. The second kappa shape index (κ2) is 10.1. The number of carbonyl (C=O) groups is 2. The maximum Gasteiger partial charge on any atom is 0.360 e. The summed E-state index contributed by atoms with van der Waals surface area (Å²) < 4.78 is 8.76. The van der Waals surface area contributed by atoms with E-state index in [2.05, 4.69) is 25.6 Å². The fourth-order valence-electron chi connectivity index (χ4n) is 3.91. The van der Waals surface area contributed by atoms with E-state index in [4.69, 9.17) is 16.3 Å². The average Bonchev–Trinajstić information content (AvgIpc) is 3.45. The summed E-state index contributed by atoms with van der Waals surface area (Å²) in [7, 11) is 0. The van der Waals surface area contributed by atoms with Crippen LogP contribution in [0.2, 0.25) is 5.15 Å². The molecule has 3 aromatic rings. The quantitative estimate of drug-likeness (QED) is 0.406. The van der Waals surface area contributed by atoms with E-state index in [0.29, 0.717) is 17.3 Å². The van der Waals surface area contributed by atoms with E-state index in [-0.39, 0.29) is 36.7 Å². The third kappa shape index (κ3) is 5.24. The Kier molecular flexibility index (Phi) is 6.99. The van der Waals surface area contributed by atoms with Crippen LogP contribution in [0.15, 0.2) is 24.8 Å². The molecule has 1 fully saturated rings. The van der Waals surface area contributed by atoms with Gasteiger partial charge in [0, 0.05) is 18.7 Å². The largest absolute Gasteiger partial charge is 0.459 e. The summed E-state index contributed by atoms with van der Waals surface area (Å²) in [6.07, 6.45) is 10.7. The van der Waals surface area contributed by atoms with Gasteiger partial charge in [0.05, 0.1) is 24.2 Å². The maximum absolute atomic E-state index is 12.4. The zero-order valence-corrected chi connectivity index (χ0v) is 18.7. The van der Waals surface area contributed by atoms with Crippen molar-refractivity contribution in [1.82, 2.24) is 34.8 Å². The summed E-state index contributed by atoms with van der Waals surface area (Å²) in [5.41, 5.74) is 0.776. The molecule has 0 radical (unpaired) electrons. The molecule has 1 atom stereocenters. The third-order valence-electron chi connectivity index (χ3n) is 5.68. The van der Waals surface area contributed by atoms with Crippen LogP contribution in [0.25, 0.3) is 11.0 Å². The minimum absolute atomic E-state index is 0.00628. The Morgan fingerprint density at radius 1 is 1.28 bits per heavy atom. The van der Waals surface area contributed by atoms with Crippen LogP contribution in [0.1, 0.15) is 62.0 Å². The lowest BCUT2D eigenvalue weighted by Gasteiger charge is -2.22. The fourth-order valence-corrected chi connectivity index (χ4v) is 4.10. The number of aryl methyl sites for hydroxylation is 1. The van der Waals surface area contributed by atoms with Gasteiger partial charge in [0.25, 0.3) is 0 Å². The van der Waals surface area contributed by atoms with E-state index in [1.807, 2.05) is 23.8 Å². The number of esters is 1. The summed E-state index contributed by atoms with van der Waals surface area (Å²) >= 11 is 6.09. The first-order valence-electron chi connectivity index (χ1n) is 10.8. The molecule has 0 aromatic carbocycles. The number of carbonyl (C=O) groups excluding carboxylic acids is 2. The van der Waals surface area contributed by atoms with E-state index in [1.165, 1.54) is 36.5 Å². The molecular weight excluding hydrogens is 434 g/mol. The predicted molar refractivity (Wildman–Crippen MR) is 117 cm³/mol. The van der Waals surface area contributed by atoms with Gasteiger partial charge in [-0.25, -0.2) is 14.8 Å². The van der Waals surface area contributed by atoms with Crippen LogP contribution in [0.3, 0.4) is 0 Å². The maximum atomic E-state index is 12.4. The van der Waals surface area contributed by atoms with Crippen molar-refractivity contribution >= 4 is 34.5 Å². The number of rotatable bonds is 8. The molecule has 0 saturated heterocycles. The molecule has 11 heteroatoms. The molecule has 3 heterocycles. The number of halogens is 1. The van der Waals surface area contributed by atoms with Gasteiger partial charge in [-0.2, -0.15) is 0 Å². The van der Waals surface area contributed by atoms with Gasteiger partial charge >= 0.3 is 5.97 Å². The Balaban J connectivity index is 1.26. The van der Waals surface area contributed by atoms with E-state index in [0.717, 1.165) is 18.2 Å². The van der Waals surface area contributed by atoms with Crippen molar-refractivity contribution in [2.45, 2.75) is 64.1 Å². The highest BCUT2D eigenvalue weighted by atomic mass is 35.5. The van der Waals surface area contributed by atoms with Gasteiger partial charge in [-0.1, -0.05) is 36.1 Å². The smallest absolute Gasteiger partial charge is 0.360 e. The average molecular weight is 460 g/mol. The van der Waals surface area contributed by atoms with Crippen molar-refractivity contribution in [3.63, 3.8) is 0 Å². The van der Waals surface area contributed by atoms with Crippen LogP contribution in [0.5, 0.6) is 0 Å². The molecule has 0 bridgehead atoms. The summed E-state index contributed by atoms with van der Waals surface area (Å²) in [6.45, 7) is 2.39. The van der Waals surface area contributed by atoms with Crippen LogP contribution in [-0.4, -0.2) is 54.1 Å². The predicted octanol–water partition coefficient (Wildman–Crippen LogP) is 2.93. The molecule has 0 aliphatic heterocycles. The zero-order valence-electron chi connectivity index (χ0n) is 17.9. The lowest BCUT2D eigenvalue weighted by molar-refractivity contribution is -0.122. The highest BCUT2D eigenvalue weighted by Crippen LogP contribution is 2.23. The Labute approximate surface area is 190 Å². The van der Waals surface area contributed by atoms with Gasteiger partial charge in [0.1, 0.15) is 23.7 Å². The number of hydrogen-bond acceptors (Lipinski definition) is 7. The summed E-state index contributed by atoms with van der Waals surface area (Å²) in [5.74, 6) is -0.577. The van der Waals surface area contributed by atoms with Crippen molar-refractivity contribution < 1.29 is 14.3 Å². The van der Waals surface area contributed by atoms with Gasteiger partial charge in [-0.15, -0.1) is 5.10 Å². The summed E-state index contributed by atoms with van der Waals surface area (Å²) in [6, 6.07) is 1.94. The number of amides is 1. The molecule has 10 nitrogen and oxygen atoms in total. The Hall–Kier alpha value is -3.01. The fraction of sp³-hybridized carbons (Fsp3) is 0.524. The molecule has 1 saturated carbocycles. The van der Waals surface area contributed by atoms with Crippen LogP contribution in [0, 0.1) is 0 Å². The minimum Gasteiger partial charge on any atom is -0.459 e. The third-order valence-corrected chi connectivity index (χ3v) is 5.98. The van der Waals surface area contributed by atoms with Crippen molar-refractivity contribution in [3.05, 3.63) is 35.6 Å². The molecule has 4 rings (SSSR count). The molecular formula is C21H26ClN7O3. The molecule has 1 N–H and O–H groups in total. The lowest BCUT2D eigenvalue weighted by atomic mass is 9.95. The van der Waals surface area contributed by atoms with Gasteiger partial charge in [0.15, 0.2) is 5.69 Å². The Morgan fingerprint density at radius 2 is 2.09 bits per heavy atom. The van der Waals surface area contributed by atoms with E-state index in [9.17, 15) is 9.59 Å². The molecule has 1 unspecified atom stereocenters. The SMILES string of the molecule is CC(COC(=O)c1cn(CCC(=O)NC2CCCCC2)nn1)n1ccc2c(Cl)ncnc21. The van der Waals surface area contributed by atoms with E-state index < -0.39 is 5.97 Å². The van der Waals surface area contributed by atoms with Crippen LogP contribution in [-0.2, 0) is 16.1 Å². The van der Waals surface area contributed by atoms with Gasteiger partial charge in [-0.3, -0.25) is 9.48 Å². The number of fused-ring (bicyclic) bond motifs is 1. The molecule has 32 heavy (non-hydrogen) atoms. The van der Waals surface area contributed by atoms with Crippen LogP contribution >= 0.6 is 11.6 Å². The number of nitrogens with zero attached hydrogens (tertiary/aromatic N) is 6. The second-order valence-electron chi connectivity index (χ2n) is 8.09. The lowest BCUT2D eigenvalue weighted by Crippen LogP contribution is -2.36. The van der Waals surface area contributed by atoms with Gasteiger partial charge in [-0.05, 0) is 25.8 Å². The first-order chi connectivity index (χ1) is 15.5. The van der Waals surface area contributed by atoms with Crippen molar-refractivity contribution in [2.75, 3.05) is 6.61 Å². The van der Waals surface area contributed by atoms with E-state index in [1.54, 1.807) is 0 Å². The molecule has 3 aromatic heterocycles. The number of nitrogens with one attached hydrogen (secondary N) is 1. The van der Waals surface area contributed by atoms with Crippen LogP contribution in [0.4, 0.5) is 0 Å². The first-order valence-corrected chi connectivity index (χ1v) is 11.2. The monoisotopic (exact) mass is 459 g/mol. The van der Waals surface area contributed by atoms with Gasteiger partial charge < -0.3 is 14.6 Å². The Morgan fingerprint density at radius 3 is 2.91 bits per heavy atom. The highest BCUT2D eigenvalue weighted by molar-refractivity contribution is 6.33. The molecule has 0 spiro atoms. The Bertz CT molecular complexity index is 1090. The standard InChI is InChI=1S/C21H26ClN7O3/c1-14(29-10-7-16-19(22)23-13-24-20(16)29)12-32-21(31)17-11-28(27-26-17)9-8-18(30)25-15-5-3-2-4-6-15/h7,10-11,13-15H,2-6,8-9,12H2,1H3,(H,25,30). The summed E-state index contributed by atoms with van der Waals surface area (Å²) in [4.78, 5) is 32.7. The highest BCUT2D eigenvalue weighted by Gasteiger charge is 2.18.